The van der Waals surface area contributed by atoms with Gasteiger partial charge in [-0.25, -0.2) is 0 Å². The maximum atomic E-state index is 2.48. The second-order valence-electron chi connectivity index (χ2n) is 10.8. The third kappa shape index (κ3) is 2.84. The number of hydrogen-bond donors (Lipinski definition) is 0. The van der Waals surface area contributed by atoms with Crippen LogP contribution in [0.2, 0.25) is 0 Å². The van der Waals surface area contributed by atoms with Gasteiger partial charge in [-0.2, -0.15) is 0 Å². The van der Waals surface area contributed by atoms with E-state index in [4.69, 9.17) is 0 Å². The van der Waals surface area contributed by atoms with E-state index in [1.807, 2.05) is 0 Å². The molecule has 180 valence electrons. The molecule has 0 heterocycles. The summed E-state index contributed by atoms with van der Waals surface area (Å²) < 4.78 is 0. The highest BCUT2D eigenvalue weighted by Gasteiger charge is 2.35. The summed E-state index contributed by atoms with van der Waals surface area (Å²) in [6.07, 6.45) is 0. The van der Waals surface area contributed by atoms with E-state index in [0.717, 1.165) is 0 Å². The zero-order chi connectivity index (χ0) is 25.5. The van der Waals surface area contributed by atoms with Crippen LogP contribution in [0, 0.1) is 0 Å². The molecule has 7 aromatic rings. The van der Waals surface area contributed by atoms with Crippen molar-refractivity contribution in [2.75, 3.05) is 0 Å². The molecule has 0 amide bonds. The van der Waals surface area contributed by atoms with Gasteiger partial charge in [0.2, 0.25) is 0 Å². The van der Waals surface area contributed by atoms with Crippen LogP contribution < -0.4 is 0 Å². The van der Waals surface area contributed by atoms with Crippen LogP contribution in [0.25, 0.3) is 66.1 Å². The molecular formula is C39H24. The van der Waals surface area contributed by atoms with Crippen molar-refractivity contribution in [2.45, 2.75) is 5.92 Å². The maximum absolute atomic E-state index is 2.48. The van der Waals surface area contributed by atoms with E-state index < -0.39 is 0 Å². The lowest BCUT2D eigenvalue weighted by Gasteiger charge is -2.20. The normalized spacial score (nSPS) is 14.4. The van der Waals surface area contributed by atoms with Crippen molar-refractivity contribution in [3.05, 3.63) is 156 Å². The smallest absolute Gasteiger partial charge is 0.0358 e. The van der Waals surface area contributed by atoms with E-state index in [2.05, 4.69) is 140 Å². The predicted molar refractivity (Wildman–Crippen MR) is 164 cm³/mol. The largest absolute Gasteiger partial charge is 0.0622 e. The quantitative estimate of drug-likeness (QED) is 0.225. The molecule has 0 aromatic heterocycles. The van der Waals surface area contributed by atoms with Gasteiger partial charge in [-0.05, 0) is 94.9 Å². The van der Waals surface area contributed by atoms with Crippen LogP contribution in [0.15, 0.2) is 140 Å². The predicted octanol–water partition coefficient (Wildman–Crippen LogP) is 10.5. The number of fused-ring (bicyclic) bond motifs is 8. The lowest BCUT2D eigenvalue weighted by molar-refractivity contribution is 1.03. The van der Waals surface area contributed by atoms with E-state index in [0.29, 0.717) is 0 Å². The summed E-state index contributed by atoms with van der Waals surface area (Å²) in [4.78, 5) is 0. The van der Waals surface area contributed by atoms with Gasteiger partial charge in [0.15, 0.2) is 0 Å². The zero-order valence-corrected chi connectivity index (χ0v) is 21.4. The molecule has 39 heavy (non-hydrogen) atoms. The van der Waals surface area contributed by atoms with Crippen LogP contribution in [0.5, 0.6) is 0 Å². The first-order chi connectivity index (χ1) is 19.4. The van der Waals surface area contributed by atoms with Gasteiger partial charge < -0.3 is 0 Å². The Balaban J connectivity index is 1.39. The van der Waals surface area contributed by atoms with Crippen molar-refractivity contribution < 1.29 is 0 Å². The fraction of sp³-hybridized carbons (Fsp3) is 0.0256. The molecule has 0 N–H and O–H groups in total. The van der Waals surface area contributed by atoms with E-state index in [1.165, 1.54) is 82.7 Å². The van der Waals surface area contributed by atoms with Crippen molar-refractivity contribution in [1.82, 2.24) is 0 Å². The first-order valence-corrected chi connectivity index (χ1v) is 13.7. The topological polar surface area (TPSA) is 0 Å². The minimum absolute atomic E-state index is 0.177. The molecule has 0 radical (unpaired) electrons. The Morgan fingerprint density at radius 3 is 1.92 bits per heavy atom. The van der Waals surface area contributed by atoms with Crippen molar-refractivity contribution >= 4 is 21.5 Å². The van der Waals surface area contributed by atoms with Gasteiger partial charge in [0, 0.05) is 5.92 Å². The number of benzene rings is 7. The molecule has 0 heteroatoms. The van der Waals surface area contributed by atoms with Crippen LogP contribution in [0.1, 0.15) is 22.6 Å². The Morgan fingerprint density at radius 1 is 0.385 bits per heavy atom. The van der Waals surface area contributed by atoms with Crippen LogP contribution in [0.3, 0.4) is 0 Å². The summed E-state index contributed by atoms with van der Waals surface area (Å²) in [6.45, 7) is 0. The Morgan fingerprint density at radius 2 is 1.05 bits per heavy atom. The molecular weight excluding hydrogens is 468 g/mol. The van der Waals surface area contributed by atoms with Gasteiger partial charge in [-0.3, -0.25) is 0 Å². The molecule has 0 saturated heterocycles. The highest BCUT2D eigenvalue weighted by atomic mass is 14.4. The highest BCUT2D eigenvalue weighted by molar-refractivity contribution is 6.18. The lowest BCUT2D eigenvalue weighted by Crippen LogP contribution is -2.01. The average Bonchev–Trinajstić information content (AvgIpc) is 3.52. The monoisotopic (exact) mass is 492 g/mol. The van der Waals surface area contributed by atoms with E-state index in [-0.39, 0.29) is 5.92 Å². The fourth-order valence-electron chi connectivity index (χ4n) is 7.28. The SMILES string of the molecule is c1ccc(-c2cc(C3c4ccccc4-c4cc5c6c(cccc6c43)-c3ccccc3-5)cc3ccccc23)cc1. The Bertz CT molecular complexity index is 2110. The second kappa shape index (κ2) is 7.79. The van der Waals surface area contributed by atoms with Crippen LogP contribution in [-0.4, -0.2) is 0 Å². The minimum atomic E-state index is 0.177. The van der Waals surface area contributed by atoms with E-state index in [1.54, 1.807) is 0 Å². The Kier molecular flexibility index (Phi) is 4.20. The van der Waals surface area contributed by atoms with Gasteiger partial charge in [0.25, 0.3) is 0 Å². The van der Waals surface area contributed by atoms with Gasteiger partial charge in [0.1, 0.15) is 0 Å². The van der Waals surface area contributed by atoms with Crippen LogP contribution in [-0.2, 0) is 0 Å². The van der Waals surface area contributed by atoms with Crippen molar-refractivity contribution in [1.29, 1.82) is 0 Å². The molecule has 0 nitrogen and oxygen atoms in total. The molecule has 2 aliphatic rings. The second-order valence-corrected chi connectivity index (χ2v) is 10.8. The average molecular weight is 493 g/mol. The molecule has 7 aromatic carbocycles. The van der Waals surface area contributed by atoms with Gasteiger partial charge >= 0.3 is 0 Å². The minimum Gasteiger partial charge on any atom is -0.0622 e. The molecule has 0 fully saturated rings. The number of hydrogen-bond acceptors (Lipinski definition) is 0. The molecule has 0 aliphatic heterocycles. The third-order valence-corrected chi connectivity index (χ3v) is 8.86. The Labute approximate surface area is 227 Å². The van der Waals surface area contributed by atoms with E-state index in [9.17, 15) is 0 Å². The number of rotatable bonds is 2. The summed E-state index contributed by atoms with van der Waals surface area (Å²) in [6, 6.07) is 51.8. The van der Waals surface area contributed by atoms with Crippen molar-refractivity contribution in [3.63, 3.8) is 0 Å². The summed E-state index contributed by atoms with van der Waals surface area (Å²) in [5.74, 6) is 0.177. The summed E-state index contributed by atoms with van der Waals surface area (Å²) in [5, 5.41) is 5.37. The first kappa shape index (κ1) is 21.0. The summed E-state index contributed by atoms with van der Waals surface area (Å²) >= 11 is 0. The van der Waals surface area contributed by atoms with E-state index >= 15 is 0 Å². The molecule has 0 bridgehead atoms. The summed E-state index contributed by atoms with van der Waals surface area (Å²) in [5.41, 5.74) is 14.9. The van der Waals surface area contributed by atoms with Crippen molar-refractivity contribution in [2.24, 2.45) is 0 Å². The first-order valence-electron chi connectivity index (χ1n) is 13.7. The fourth-order valence-corrected chi connectivity index (χ4v) is 7.28. The maximum Gasteiger partial charge on any atom is 0.0358 e. The summed E-state index contributed by atoms with van der Waals surface area (Å²) in [7, 11) is 0. The van der Waals surface area contributed by atoms with Crippen LogP contribution >= 0.6 is 0 Å². The molecule has 1 unspecified atom stereocenters. The molecule has 2 aliphatic carbocycles. The zero-order valence-electron chi connectivity index (χ0n) is 21.4. The van der Waals surface area contributed by atoms with Gasteiger partial charge in [-0.15, -0.1) is 0 Å². The molecule has 0 saturated carbocycles. The van der Waals surface area contributed by atoms with Crippen LogP contribution in [0.4, 0.5) is 0 Å². The molecule has 9 rings (SSSR count). The highest BCUT2D eigenvalue weighted by Crippen LogP contribution is 2.57. The molecule has 0 spiro atoms. The van der Waals surface area contributed by atoms with Gasteiger partial charge in [0.05, 0.1) is 0 Å². The van der Waals surface area contributed by atoms with Crippen molar-refractivity contribution in [3.8, 4) is 44.5 Å². The molecule has 1 atom stereocenters. The standard InChI is InChI=1S/C39H24/c1-2-11-24(12-3-1)34-22-26(21-25-13-4-5-14-27(25)34)37-31-18-9-8-17-30(31)36-23-35-29-16-7-6-15-28(29)32-19-10-20-33(38(32)35)39(36)37/h1-23,37H. The lowest BCUT2D eigenvalue weighted by atomic mass is 9.83. The Hall–Kier alpha value is -4.94. The third-order valence-electron chi connectivity index (χ3n) is 8.86. The van der Waals surface area contributed by atoms with Gasteiger partial charge in [-0.1, -0.05) is 127 Å².